The summed E-state index contributed by atoms with van der Waals surface area (Å²) in [5, 5.41) is 0. The molecule has 5 heteroatoms. The van der Waals surface area contributed by atoms with Crippen LogP contribution in [0.15, 0.2) is 0 Å². The van der Waals surface area contributed by atoms with E-state index in [-0.39, 0.29) is 0 Å². The van der Waals surface area contributed by atoms with Crippen molar-refractivity contribution in [1.82, 2.24) is 0 Å². The van der Waals surface area contributed by atoms with Crippen LogP contribution in [-0.4, -0.2) is 25.9 Å². The summed E-state index contributed by atoms with van der Waals surface area (Å²) in [6.07, 6.45) is 0. The van der Waals surface area contributed by atoms with E-state index in [1.165, 1.54) is 36.3 Å². The molecule has 0 aliphatic carbocycles. The Morgan fingerprint density at radius 3 is 1.00 bits per heavy atom. The quantitative estimate of drug-likeness (QED) is 0.466. The second kappa shape index (κ2) is 9.50. The van der Waals surface area contributed by atoms with Gasteiger partial charge in [-0.3, -0.25) is 0 Å². The zero-order valence-electron chi connectivity index (χ0n) is 14.3. The van der Waals surface area contributed by atoms with Crippen LogP contribution in [0.2, 0.25) is 42.3 Å². The number of hydrogen-bond acceptors (Lipinski definition) is 2. The molecular weight excluding hydrogens is 284 g/mol. The van der Waals surface area contributed by atoms with Crippen LogP contribution in [0, 0.1) is 0 Å². The molecule has 115 valence electrons. The van der Waals surface area contributed by atoms with Gasteiger partial charge in [0.05, 0.1) is 0 Å². The largest absolute Gasteiger partial charge is 0.435 e. The summed E-state index contributed by atoms with van der Waals surface area (Å²) in [5.41, 5.74) is 0. The minimum absolute atomic E-state index is 1.05. The lowest BCUT2D eigenvalue weighted by atomic mass is 10.9. The molecule has 0 amide bonds. The van der Waals surface area contributed by atoms with E-state index in [4.69, 9.17) is 8.23 Å². The van der Waals surface area contributed by atoms with E-state index in [9.17, 15) is 0 Å². The van der Waals surface area contributed by atoms with Crippen LogP contribution in [0.3, 0.4) is 0 Å². The molecule has 0 heterocycles. The smallest absolute Gasteiger partial charge is 0.362 e. The summed E-state index contributed by atoms with van der Waals surface area (Å²) < 4.78 is 13.3. The third kappa shape index (κ3) is 5.46. The maximum absolute atomic E-state index is 6.65. The van der Waals surface area contributed by atoms with Crippen molar-refractivity contribution in [3.8, 4) is 0 Å². The molecular formula is C14H35O2Si3. The minimum atomic E-state index is -1.50. The minimum Gasteiger partial charge on any atom is -0.435 e. The molecule has 2 nitrogen and oxygen atoms in total. The van der Waals surface area contributed by atoms with Crippen molar-refractivity contribution >= 4 is 25.9 Å². The van der Waals surface area contributed by atoms with Gasteiger partial charge in [-0.25, -0.2) is 0 Å². The Labute approximate surface area is 125 Å². The predicted octanol–water partition coefficient (Wildman–Crippen LogP) is 5.54. The number of hydrogen-bond donors (Lipinski definition) is 0. The summed E-state index contributed by atoms with van der Waals surface area (Å²) in [4.78, 5) is 0. The molecule has 0 saturated heterocycles. The summed E-state index contributed by atoms with van der Waals surface area (Å²) >= 11 is 0. The SMILES string of the molecule is CC[Si](O[Si](CC)(CC)CC)O[Si](CC)(CC)CC. The van der Waals surface area contributed by atoms with Crippen LogP contribution in [0.5, 0.6) is 0 Å². The lowest BCUT2D eigenvalue weighted by Gasteiger charge is -2.37. The lowest BCUT2D eigenvalue weighted by Crippen LogP contribution is -2.49. The van der Waals surface area contributed by atoms with Gasteiger partial charge in [0.2, 0.25) is 0 Å². The normalized spacial score (nSPS) is 13.3. The highest BCUT2D eigenvalue weighted by Crippen LogP contribution is 2.28. The van der Waals surface area contributed by atoms with E-state index in [0.29, 0.717) is 0 Å². The van der Waals surface area contributed by atoms with Gasteiger partial charge >= 0.3 is 9.28 Å². The van der Waals surface area contributed by atoms with Crippen molar-refractivity contribution < 1.29 is 8.23 Å². The van der Waals surface area contributed by atoms with Gasteiger partial charge in [0, 0.05) is 0 Å². The first-order valence-corrected chi connectivity index (χ1v) is 14.8. The molecule has 0 fully saturated rings. The topological polar surface area (TPSA) is 18.5 Å². The predicted molar refractivity (Wildman–Crippen MR) is 92.8 cm³/mol. The molecule has 0 aliphatic rings. The molecule has 0 rings (SSSR count). The van der Waals surface area contributed by atoms with E-state index in [0.717, 1.165) is 6.04 Å². The highest BCUT2D eigenvalue weighted by molar-refractivity contribution is 6.83. The molecule has 0 saturated carbocycles. The maximum Gasteiger partial charge on any atom is 0.362 e. The van der Waals surface area contributed by atoms with Crippen LogP contribution in [0.4, 0.5) is 0 Å². The highest BCUT2D eigenvalue weighted by Gasteiger charge is 2.38. The van der Waals surface area contributed by atoms with Gasteiger partial charge in [-0.15, -0.1) is 0 Å². The third-order valence-electron chi connectivity index (χ3n) is 4.82. The number of rotatable bonds is 11. The van der Waals surface area contributed by atoms with E-state index in [1.54, 1.807) is 0 Å². The Balaban J connectivity index is 4.83. The molecule has 0 aromatic carbocycles. The molecule has 0 unspecified atom stereocenters. The fraction of sp³-hybridized carbons (Fsp3) is 1.00. The zero-order valence-corrected chi connectivity index (χ0v) is 17.3. The second-order valence-electron chi connectivity index (χ2n) is 5.42. The molecule has 19 heavy (non-hydrogen) atoms. The zero-order chi connectivity index (χ0) is 14.9. The molecule has 0 aromatic heterocycles. The fourth-order valence-electron chi connectivity index (χ4n) is 2.58. The first-order chi connectivity index (χ1) is 9.00. The summed E-state index contributed by atoms with van der Waals surface area (Å²) in [6, 6.07) is 8.49. The van der Waals surface area contributed by atoms with Crippen LogP contribution in [0.25, 0.3) is 0 Å². The van der Waals surface area contributed by atoms with E-state index in [1.807, 2.05) is 0 Å². The van der Waals surface area contributed by atoms with Gasteiger partial charge in [0.15, 0.2) is 16.6 Å². The molecule has 0 bridgehead atoms. The Bertz CT molecular complexity index is 190. The first-order valence-electron chi connectivity index (χ1n) is 8.24. The molecule has 0 aliphatic heterocycles. The Hall–Kier alpha value is 0.571. The van der Waals surface area contributed by atoms with Gasteiger partial charge in [-0.2, -0.15) is 0 Å². The van der Waals surface area contributed by atoms with Gasteiger partial charge in [0.1, 0.15) is 0 Å². The second-order valence-corrected chi connectivity index (χ2v) is 17.5. The lowest BCUT2D eigenvalue weighted by molar-refractivity contribution is 0.400. The maximum atomic E-state index is 6.65. The molecule has 0 N–H and O–H groups in total. The molecule has 1 radical (unpaired) electrons. The Morgan fingerprint density at radius 2 is 0.842 bits per heavy atom. The van der Waals surface area contributed by atoms with Gasteiger partial charge in [0.25, 0.3) is 0 Å². The molecule has 0 atom stereocenters. The standard InChI is InChI=1S/C14H35O2Si3/c1-8-17(15-18(9-2,10-3)11-4)16-19(12-5,13-6)14-7/h8-14H2,1-7H3. The highest BCUT2D eigenvalue weighted by atomic mass is 28.4. The van der Waals surface area contributed by atoms with Gasteiger partial charge in [-0.05, 0) is 42.3 Å². The van der Waals surface area contributed by atoms with Crippen molar-refractivity contribution in [2.45, 2.75) is 90.8 Å². The average molecular weight is 320 g/mol. The molecule has 0 aromatic rings. The monoisotopic (exact) mass is 319 g/mol. The van der Waals surface area contributed by atoms with Crippen LogP contribution in [0.1, 0.15) is 48.5 Å². The Morgan fingerprint density at radius 1 is 0.579 bits per heavy atom. The van der Waals surface area contributed by atoms with Crippen molar-refractivity contribution in [1.29, 1.82) is 0 Å². The summed E-state index contributed by atoms with van der Waals surface area (Å²) in [5.74, 6) is 0. The first kappa shape index (κ1) is 19.6. The van der Waals surface area contributed by atoms with Crippen LogP contribution in [-0.2, 0) is 8.23 Å². The average Bonchev–Trinajstić information content (AvgIpc) is 2.49. The van der Waals surface area contributed by atoms with Crippen molar-refractivity contribution in [2.75, 3.05) is 0 Å². The van der Waals surface area contributed by atoms with Crippen LogP contribution >= 0.6 is 0 Å². The summed E-state index contributed by atoms with van der Waals surface area (Å²) in [7, 11) is -4.04. The molecule has 0 spiro atoms. The van der Waals surface area contributed by atoms with Gasteiger partial charge in [-0.1, -0.05) is 48.5 Å². The Kier molecular flexibility index (Phi) is 9.78. The van der Waals surface area contributed by atoms with E-state index < -0.39 is 25.9 Å². The van der Waals surface area contributed by atoms with E-state index in [2.05, 4.69) is 48.5 Å². The van der Waals surface area contributed by atoms with Crippen molar-refractivity contribution in [3.05, 3.63) is 0 Å². The van der Waals surface area contributed by atoms with Crippen LogP contribution < -0.4 is 0 Å². The van der Waals surface area contributed by atoms with Crippen molar-refractivity contribution in [2.24, 2.45) is 0 Å². The van der Waals surface area contributed by atoms with E-state index >= 15 is 0 Å². The van der Waals surface area contributed by atoms with Gasteiger partial charge < -0.3 is 8.23 Å². The van der Waals surface area contributed by atoms with Crippen molar-refractivity contribution in [3.63, 3.8) is 0 Å². The fourth-order valence-corrected chi connectivity index (χ4v) is 14.6. The summed E-state index contributed by atoms with van der Waals surface area (Å²) in [6.45, 7) is 16.1. The third-order valence-corrected chi connectivity index (χ3v) is 18.4.